The molecule has 0 amide bonds. The molecule has 1 rings (SSSR count). The van der Waals surface area contributed by atoms with E-state index in [1.807, 2.05) is 6.92 Å². The van der Waals surface area contributed by atoms with E-state index in [1.54, 1.807) is 18.2 Å². The Morgan fingerprint density at radius 3 is 2.93 bits per heavy atom. The van der Waals surface area contributed by atoms with Crippen molar-refractivity contribution in [1.29, 1.82) is 0 Å². The van der Waals surface area contributed by atoms with Gasteiger partial charge in [0.25, 0.3) is 0 Å². The second-order valence-electron chi connectivity index (χ2n) is 3.06. The molecule has 0 N–H and O–H groups in total. The minimum absolute atomic E-state index is 0.177. The van der Waals surface area contributed by atoms with E-state index in [1.165, 1.54) is 6.08 Å². The molecule has 0 aliphatic rings. The average molecular weight is 225 g/mol. The van der Waals surface area contributed by atoms with Crippen molar-refractivity contribution in [3.63, 3.8) is 0 Å². The molecule has 1 aromatic carbocycles. The van der Waals surface area contributed by atoms with Gasteiger partial charge in [-0.25, -0.2) is 0 Å². The van der Waals surface area contributed by atoms with Crippen LogP contribution >= 0.6 is 11.6 Å². The summed E-state index contributed by atoms with van der Waals surface area (Å²) in [5.41, 5.74) is 0.464. The number of benzene rings is 1. The molecule has 0 bridgehead atoms. The van der Waals surface area contributed by atoms with Crippen molar-refractivity contribution in [1.82, 2.24) is 0 Å². The van der Waals surface area contributed by atoms with E-state index in [-0.39, 0.29) is 5.78 Å². The Morgan fingerprint density at radius 2 is 2.33 bits per heavy atom. The van der Waals surface area contributed by atoms with Crippen LogP contribution in [0, 0.1) is 0 Å². The zero-order valence-electron chi connectivity index (χ0n) is 8.63. The maximum Gasteiger partial charge on any atom is 0.189 e. The molecular formula is C12H13ClO2. The molecular weight excluding hydrogens is 212 g/mol. The summed E-state index contributed by atoms with van der Waals surface area (Å²) in [6, 6.07) is 5.00. The van der Waals surface area contributed by atoms with Gasteiger partial charge >= 0.3 is 0 Å². The van der Waals surface area contributed by atoms with Crippen molar-refractivity contribution in [3.8, 4) is 5.75 Å². The third kappa shape index (κ3) is 3.10. The van der Waals surface area contributed by atoms with Crippen molar-refractivity contribution >= 4 is 17.4 Å². The van der Waals surface area contributed by atoms with E-state index < -0.39 is 0 Å². The molecule has 1 aromatic rings. The Kier molecular flexibility index (Phi) is 4.37. The van der Waals surface area contributed by atoms with E-state index in [4.69, 9.17) is 16.3 Å². The van der Waals surface area contributed by atoms with Crippen molar-refractivity contribution in [2.75, 3.05) is 6.61 Å². The zero-order chi connectivity index (χ0) is 11.3. The lowest BCUT2D eigenvalue weighted by Gasteiger charge is -2.08. The maximum atomic E-state index is 11.5. The number of carbonyl (C=O) groups excluding carboxylic acids is 1. The summed E-state index contributed by atoms with van der Waals surface area (Å²) in [6.07, 6.45) is 2.15. The van der Waals surface area contributed by atoms with Crippen molar-refractivity contribution in [3.05, 3.63) is 41.4 Å². The van der Waals surface area contributed by atoms with Crippen LogP contribution in [0.5, 0.6) is 5.75 Å². The van der Waals surface area contributed by atoms with Gasteiger partial charge in [0.15, 0.2) is 5.78 Å². The van der Waals surface area contributed by atoms with Gasteiger partial charge in [-0.15, -0.1) is 0 Å². The Bertz CT molecular complexity index is 372. The van der Waals surface area contributed by atoms with E-state index in [9.17, 15) is 4.79 Å². The Labute approximate surface area is 94.5 Å². The summed E-state index contributed by atoms with van der Waals surface area (Å²) in [5, 5.41) is 0.518. The average Bonchev–Trinajstić information content (AvgIpc) is 2.26. The second-order valence-corrected chi connectivity index (χ2v) is 3.49. The molecule has 0 saturated heterocycles. The summed E-state index contributed by atoms with van der Waals surface area (Å²) in [7, 11) is 0. The van der Waals surface area contributed by atoms with Crippen molar-refractivity contribution < 1.29 is 9.53 Å². The van der Waals surface area contributed by atoms with Crippen LogP contribution in [0.25, 0.3) is 0 Å². The summed E-state index contributed by atoms with van der Waals surface area (Å²) in [5.74, 6) is 0.384. The van der Waals surface area contributed by atoms with Crippen LogP contribution in [0.2, 0.25) is 5.02 Å². The lowest BCUT2D eigenvalue weighted by molar-refractivity contribution is 0.104. The monoisotopic (exact) mass is 224 g/mol. The molecule has 0 aromatic heterocycles. The molecule has 0 spiro atoms. The van der Waals surface area contributed by atoms with Gasteiger partial charge in [-0.2, -0.15) is 0 Å². The predicted molar refractivity (Wildman–Crippen MR) is 61.8 cm³/mol. The molecule has 0 saturated carbocycles. The number of rotatable bonds is 5. The van der Waals surface area contributed by atoms with Crippen LogP contribution < -0.4 is 4.74 Å². The SMILES string of the molecule is C=CC(=O)c1cc(Cl)ccc1OCCC. The standard InChI is InChI=1S/C12H13ClO2/c1-3-7-15-12-6-5-9(13)8-10(12)11(14)4-2/h4-6,8H,2-3,7H2,1H3. The van der Waals surface area contributed by atoms with Crippen LogP contribution in [-0.4, -0.2) is 12.4 Å². The first-order valence-corrected chi connectivity index (χ1v) is 5.16. The molecule has 3 heteroatoms. The normalized spacial score (nSPS) is 9.73. The number of ether oxygens (including phenoxy) is 1. The largest absolute Gasteiger partial charge is 0.493 e. The summed E-state index contributed by atoms with van der Waals surface area (Å²) < 4.78 is 5.44. The molecule has 0 heterocycles. The van der Waals surface area contributed by atoms with E-state index in [0.717, 1.165) is 6.42 Å². The van der Waals surface area contributed by atoms with Crippen LogP contribution in [0.3, 0.4) is 0 Å². The molecule has 0 atom stereocenters. The third-order valence-corrected chi connectivity index (χ3v) is 2.09. The number of carbonyl (C=O) groups is 1. The molecule has 2 nitrogen and oxygen atoms in total. The van der Waals surface area contributed by atoms with E-state index in [2.05, 4.69) is 6.58 Å². The zero-order valence-corrected chi connectivity index (χ0v) is 9.38. The van der Waals surface area contributed by atoms with Crippen LogP contribution in [-0.2, 0) is 0 Å². The second kappa shape index (κ2) is 5.56. The molecule has 80 valence electrons. The number of hydrogen-bond donors (Lipinski definition) is 0. The third-order valence-electron chi connectivity index (χ3n) is 1.85. The van der Waals surface area contributed by atoms with Crippen LogP contribution in [0.1, 0.15) is 23.7 Å². The molecule has 0 radical (unpaired) electrons. The Balaban J connectivity index is 3.02. The maximum absolute atomic E-state index is 11.5. The number of ketones is 1. The van der Waals surface area contributed by atoms with Crippen LogP contribution in [0.4, 0.5) is 0 Å². The van der Waals surface area contributed by atoms with Gasteiger partial charge in [-0.1, -0.05) is 25.1 Å². The molecule has 0 aliphatic heterocycles. The van der Waals surface area contributed by atoms with Gasteiger partial charge in [0.2, 0.25) is 0 Å². The summed E-state index contributed by atoms with van der Waals surface area (Å²) >= 11 is 5.81. The minimum atomic E-state index is -0.177. The van der Waals surface area contributed by atoms with Gasteiger partial charge < -0.3 is 4.74 Å². The first-order valence-electron chi connectivity index (χ1n) is 4.78. The topological polar surface area (TPSA) is 26.3 Å². The van der Waals surface area contributed by atoms with Gasteiger partial charge in [-0.05, 0) is 30.7 Å². The quantitative estimate of drug-likeness (QED) is 0.565. The number of hydrogen-bond acceptors (Lipinski definition) is 2. The fourth-order valence-corrected chi connectivity index (χ4v) is 1.31. The Morgan fingerprint density at radius 1 is 1.60 bits per heavy atom. The van der Waals surface area contributed by atoms with Crippen molar-refractivity contribution in [2.45, 2.75) is 13.3 Å². The molecule has 15 heavy (non-hydrogen) atoms. The fraction of sp³-hybridized carbons (Fsp3) is 0.250. The highest BCUT2D eigenvalue weighted by molar-refractivity contribution is 6.31. The Hall–Kier alpha value is -1.28. The van der Waals surface area contributed by atoms with Crippen LogP contribution in [0.15, 0.2) is 30.9 Å². The minimum Gasteiger partial charge on any atom is -0.493 e. The fourth-order valence-electron chi connectivity index (χ4n) is 1.14. The predicted octanol–water partition coefficient (Wildman–Crippen LogP) is 3.50. The van der Waals surface area contributed by atoms with E-state index in [0.29, 0.717) is 22.9 Å². The van der Waals surface area contributed by atoms with Gasteiger partial charge in [0.05, 0.1) is 12.2 Å². The molecule has 0 unspecified atom stereocenters. The summed E-state index contributed by atoms with van der Waals surface area (Å²) in [6.45, 7) is 6.03. The van der Waals surface area contributed by atoms with Gasteiger partial charge in [0, 0.05) is 5.02 Å². The number of allylic oxidation sites excluding steroid dienone is 1. The highest BCUT2D eigenvalue weighted by Gasteiger charge is 2.10. The number of halogens is 1. The smallest absolute Gasteiger partial charge is 0.189 e. The first-order chi connectivity index (χ1) is 7.19. The molecule has 0 aliphatic carbocycles. The molecule has 0 fully saturated rings. The van der Waals surface area contributed by atoms with E-state index >= 15 is 0 Å². The highest BCUT2D eigenvalue weighted by Crippen LogP contribution is 2.23. The van der Waals surface area contributed by atoms with Crippen molar-refractivity contribution in [2.24, 2.45) is 0 Å². The lowest BCUT2D eigenvalue weighted by Crippen LogP contribution is -2.02. The van der Waals surface area contributed by atoms with Gasteiger partial charge in [0.1, 0.15) is 5.75 Å². The summed E-state index contributed by atoms with van der Waals surface area (Å²) in [4.78, 5) is 11.5. The first kappa shape index (κ1) is 11.8. The highest BCUT2D eigenvalue weighted by atomic mass is 35.5. The lowest BCUT2D eigenvalue weighted by atomic mass is 10.1. The van der Waals surface area contributed by atoms with Gasteiger partial charge in [-0.3, -0.25) is 4.79 Å².